The lowest BCUT2D eigenvalue weighted by Gasteiger charge is -2.27. The Balaban J connectivity index is 1.21. The minimum Gasteiger partial charge on any atom is -0.465 e. The van der Waals surface area contributed by atoms with Crippen LogP contribution >= 0.6 is 0 Å². The lowest BCUT2D eigenvalue weighted by atomic mass is 10.3. The zero-order chi connectivity index (χ0) is 40.2. The lowest BCUT2D eigenvalue weighted by molar-refractivity contribution is 0.0592. The van der Waals surface area contributed by atoms with Crippen molar-refractivity contribution >= 4 is 58.6 Å². The van der Waals surface area contributed by atoms with E-state index in [-0.39, 0.29) is 63.1 Å². The summed E-state index contributed by atoms with van der Waals surface area (Å²) in [6.45, 7) is 7.04. The number of rotatable bonds is 11. The maximum Gasteiger partial charge on any atom is 0.343 e. The molecule has 0 spiro atoms. The van der Waals surface area contributed by atoms with Crippen LogP contribution in [0.25, 0.3) is 17.5 Å². The molecule has 24 nitrogen and oxygen atoms in total. The predicted octanol–water partition coefficient (Wildman–Crippen LogP) is 1.95. The van der Waals surface area contributed by atoms with E-state index < -0.39 is 18.1 Å². The summed E-state index contributed by atoms with van der Waals surface area (Å²) in [6.07, 6.45) is 12.8. The fourth-order valence-electron chi connectivity index (χ4n) is 5.84. The number of hydrogen-bond donors (Lipinski definition) is 4. The van der Waals surface area contributed by atoms with E-state index in [4.69, 9.17) is 27.4 Å². The highest BCUT2D eigenvalue weighted by molar-refractivity contribution is 5.94. The van der Waals surface area contributed by atoms with Crippen LogP contribution in [0.5, 0.6) is 0 Å². The largest absolute Gasteiger partial charge is 0.465 e. The number of azo groups is 2. The lowest BCUT2D eigenvalue weighted by Crippen LogP contribution is -2.35. The Morgan fingerprint density at radius 3 is 2.28 bits per heavy atom. The first-order valence-corrected chi connectivity index (χ1v) is 17.3. The zero-order valence-corrected chi connectivity index (χ0v) is 31.1. The summed E-state index contributed by atoms with van der Waals surface area (Å²) in [5.41, 5.74) is 13.9. The summed E-state index contributed by atoms with van der Waals surface area (Å²) >= 11 is 0. The Morgan fingerprint density at radius 2 is 1.60 bits per heavy atom. The number of methoxy groups -OCH3 is 2. The number of carbonyl (C=O) groups is 2. The van der Waals surface area contributed by atoms with Crippen molar-refractivity contribution in [2.75, 3.05) is 58.4 Å². The SMILES string of the molecule is C#Cc1nn(-c2cc(-n3nc(C)c(N=Nc4c(C(=O)OC)cnn4C4=CNCCN4)c3N)ncn2)c(N)c1N=Nc1c(C(=O)OC)cnn1C1CN(CC)CC=N1. The molecule has 5 aromatic rings. The Hall–Kier alpha value is -7.81. The van der Waals surface area contributed by atoms with E-state index in [9.17, 15) is 9.59 Å². The molecule has 7 rings (SSSR count). The van der Waals surface area contributed by atoms with Crippen LogP contribution in [0.3, 0.4) is 0 Å². The average molecular weight is 777 g/mol. The van der Waals surface area contributed by atoms with Gasteiger partial charge in [0.1, 0.15) is 23.3 Å². The monoisotopic (exact) mass is 776 g/mol. The predicted molar refractivity (Wildman–Crippen MR) is 203 cm³/mol. The second kappa shape index (κ2) is 15.9. The fourth-order valence-corrected chi connectivity index (χ4v) is 5.84. The van der Waals surface area contributed by atoms with Gasteiger partial charge < -0.3 is 31.6 Å². The number of carbonyl (C=O) groups excluding carboxylic acids is 2. The van der Waals surface area contributed by atoms with E-state index in [0.29, 0.717) is 37.7 Å². The number of terminal acetylenes is 1. The average Bonchev–Trinajstić information content (AvgIpc) is 4.02. The van der Waals surface area contributed by atoms with Gasteiger partial charge >= 0.3 is 11.9 Å². The highest BCUT2D eigenvalue weighted by atomic mass is 16.5. The summed E-state index contributed by atoms with van der Waals surface area (Å²) < 4.78 is 15.4. The Bertz CT molecular complexity index is 2510. The van der Waals surface area contributed by atoms with Crippen molar-refractivity contribution in [3.8, 4) is 24.0 Å². The number of ether oxygens (including phenoxy) is 2. The molecule has 0 saturated heterocycles. The topological polar surface area (TPSA) is 291 Å². The first-order chi connectivity index (χ1) is 27.7. The fraction of sp³-hybridized carbons (Fsp3) is 0.303. The quantitative estimate of drug-likeness (QED) is 0.0847. The number of aromatic nitrogens is 10. The first-order valence-electron chi connectivity index (χ1n) is 17.3. The van der Waals surface area contributed by atoms with Crippen LogP contribution in [-0.4, -0.2) is 119 Å². The van der Waals surface area contributed by atoms with Gasteiger partial charge in [-0.05, 0) is 19.4 Å². The van der Waals surface area contributed by atoms with Gasteiger partial charge in [0, 0.05) is 44.7 Å². The molecule has 6 N–H and O–H groups in total. The molecule has 0 amide bonds. The molecule has 0 radical (unpaired) electrons. The highest BCUT2D eigenvalue weighted by Gasteiger charge is 2.27. The minimum atomic E-state index is -0.668. The van der Waals surface area contributed by atoms with E-state index in [2.05, 4.69) is 77.3 Å². The Labute approximate surface area is 323 Å². The van der Waals surface area contributed by atoms with E-state index in [1.54, 1.807) is 19.3 Å². The van der Waals surface area contributed by atoms with Gasteiger partial charge in [-0.2, -0.15) is 34.4 Å². The van der Waals surface area contributed by atoms with Crippen LogP contribution < -0.4 is 22.1 Å². The van der Waals surface area contributed by atoms with Crippen molar-refractivity contribution in [1.29, 1.82) is 0 Å². The molecular weight excluding hydrogens is 740 g/mol. The summed E-state index contributed by atoms with van der Waals surface area (Å²) in [7, 11) is 2.51. The first kappa shape index (κ1) is 37.5. The van der Waals surface area contributed by atoms with Crippen molar-refractivity contribution in [2.45, 2.75) is 20.0 Å². The third-order valence-corrected chi connectivity index (χ3v) is 8.79. The standard InChI is InChI=1S/C33H36N20O4/c1-6-21-27(44-46-31-20(33(55)57-5)14-42-53(31)25-16-49(7-2)11-10-38-25)29(35)51(48-21)23-12-22(39-17-40-23)50-28(34)26(18(3)47-50)43-45-30-19(32(54)56-4)13-41-52(30)24-15-36-8-9-37-24/h1,10,12-15,17,25,36-37H,7-9,11,16,34-35H2,2-5H3. The molecule has 57 heavy (non-hydrogen) atoms. The smallest absolute Gasteiger partial charge is 0.343 e. The third-order valence-electron chi connectivity index (χ3n) is 8.79. The normalized spacial score (nSPS) is 15.7. The van der Waals surface area contributed by atoms with Gasteiger partial charge in [0.15, 0.2) is 58.1 Å². The van der Waals surface area contributed by atoms with Crippen molar-refractivity contribution < 1.29 is 19.1 Å². The Morgan fingerprint density at radius 1 is 0.930 bits per heavy atom. The van der Waals surface area contributed by atoms with Crippen molar-refractivity contribution in [2.24, 2.45) is 25.4 Å². The van der Waals surface area contributed by atoms with Crippen LogP contribution in [0.4, 0.5) is 34.6 Å². The van der Waals surface area contributed by atoms with Gasteiger partial charge in [0.25, 0.3) is 0 Å². The maximum absolute atomic E-state index is 12.7. The molecule has 0 saturated carbocycles. The van der Waals surface area contributed by atoms with Gasteiger partial charge in [-0.25, -0.2) is 24.2 Å². The van der Waals surface area contributed by atoms with Gasteiger partial charge in [-0.15, -0.1) is 26.9 Å². The van der Waals surface area contributed by atoms with Crippen LogP contribution in [-0.2, 0) is 9.47 Å². The van der Waals surface area contributed by atoms with E-state index in [0.717, 1.165) is 6.54 Å². The summed E-state index contributed by atoms with van der Waals surface area (Å²) in [5.74, 6) is 2.32. The summed E-state index contributed by atoms with van der Waals surface area (Å²) in [5, 5.41) is 41.3. The molecule has 0 bridgehead atoms. The third kappa shape index (κ3) is 7.12. The molecule has 0 aliphatic carbocycles. The van der Waals surface area contributed by atoms with Gasteiger partial charge in [-0.3, -0.25) is 9.89 Å². The van der Waals surface area contributed by atoms with E-state index in [1.807, 2.05) is 6.92 Å². The molecule has 0 aromatic carbocycles. The number of nitrogens with two attached hydrogens (primary N) is 2. The second-order valence-corrected chi connectivity index (χ2v) is 12.2. The van der Waals surface area contributed by atoms with E-state index >= 15 is 0 Å². The number of hydrogen-bond acceptors (Lipinski definition) is 20. The van der Waals surface area contributed by atoms with Crippen molar-refractivity contribution in [1.82, 2.24) is 64.6 Å². The molecule has 5 aromatic heterocycles. The number of aryl methyl sites for hydroxylation is 1. The van der Waals surface area contributed by atoms with Crippen LogP contribution in [0.1, 0.15) is 45.2 Å². The number of nitrogens with one attached hydrogen (secondary N) is 2. The number of anilines is 2. The molecule has 1 atom stereocenters. The molecule has 1 unspecified atom stereocenters. The Kier molecular flexibility index (Phi) is 10.5. The van der Waals surface area contributed by atoms with Crippen LogP contribution in [0, 0.1) is 19.3 Å². The number of esters is 2. The molecule has 0 fully saturated rings. The summed E-state index contributed by atoms with van der Waals surface area (Å²) in [6, 6.07) is 1.51. The number of likely N-dealkylation sites (N-methyl/N-ethyl adjacent to an activating group) is 1. The molecule has 7 heterocycles. The molecule has 2 aliphatic rings. The van der Waals surface area contributed by atoms with Gasteiger partial charge in [0.05, 0.1) is 32.3 Å². The van der Waals surface area contributed by atoms with Crippen molar-refractivity contribution in [3.05, 3.63) is 53.5 Å². The second-order valence-electron chi connectivity index (χ2n) is 12.2. The van der Waals surface area contributed by atoms with Gasteiger partial charge in [0.2, 0.25) is 0 Å². The molecular formula is C33H36N20O4. The zero-order valence-electron chi connectivity index (χ0n) is 31.1. The highest BCUT2D eigenvalue weighted by Crippen LogP contribution is 2.35. The number of nitrogen functional groups attached to an aromatic ring is 2. The molecule has 2 aliphatic heterocycles. The van der Waals surface area contributed by atoms with Crippen LogP contribution in [0.15, 0.2) is 56.4 Å². The van der Waals surface area contributed by atoms with Crippen molar-refractivity contribution in [3.63, 3.8) is 0 Å². The summed E-state index contributed by atoms with van der Waals surface area (Å²) in [4.78, 5) is 40.6. The maximum atomic E-state index is 12.7. The van der Waals surface area contributed by atoms with E-state index in [1.165, 1.54) is 57.7 Å². The molecule has 24 heteroatoms. The number of nitrogens with zero attached hydrogens (tertiary/aromatic N) is 16. The molecule has 292 valence electrons. The van der Waals surface area contributed by atoms with Crippen LogP contribution in [0.2, 0.25) is 0 Å². The number of aliphatic imine (C=N–C) groups is 1. The van der Waals surface area contributed by atoms with Gasteiger partial charge in [-0.1, -0.05) is 6.92 Å². The minimum absolute atomic E-state index is 0.0234.